The molecule has 1 fully saturated rings. The van der Waals surface area contributed by atoms with E-state index < -0.39 is 5.97 Å². The lowest BCUT2D eigenvalue weighted by atomic mass is 10.0. The Balaban J connectivity index is 1.96. The molecule has 1 N–H and O–H groups in total. The Morgan fingerprint density at radius 1 is 1.23 bits per heavy atom. The molecule has 1 saturated heterocycles. The highest BCUT2D eigenvalue weighted by atomic mass is 35.5. The summed E-state index contributed by atoms with van der Waals surface area (Å²) in [4.78, 5) is 15.2. The van der Waals surface area contributed by atoms with Crippen molar-refractivity contribution in [1.82, 2.24) is 9.47 Å². The van der Waals surface area contributed by atoms with E-state index in [0.29, 0.717) is 30.3 Å². The number of nitrogens with zero attached hydrogens (tertiary/aromatic N) is 2. The molecule has 2 heterocycles. The summed E-state index contributed by atoms with van der Waals surface area (Å²) in [5.74, 6) is -0.225. The summed E-state index contributed by atoms with van der Waals surface area (Å²) < 4.78 is 12.8. The van der Waals surface area contributed by atoms with Crippen molar-refractivity contribution in [2.45, 2.75) is 20.4 Å². The maximum absolute atomic E-state index is 13.0. The summed E-state index contributed by atoms with van der Waals surface area (Å²) in [5, 5.41) is 12.1. The third kappa shape index (κ3) is 3.78. The number of rotatable bonds is 5. The first kappa shape index (κ1) is 20.7. The van der Waals surface area contributed by atoms with Gasteiger partial charge in [0.1, 0.15) is 5.75 Å². The molecule has 6 nitrogen and oxygen atoms in total. The van der Waals surface area contributed by atoms with Gasteiger partial charge in [-0.15, -0.1) is 0 Å². The van der Waals surface area contributed by atoms with E-state index in [1.54, 1.807) is 13.0 Å². The van der Waals surface area contributed by atoms with E-state index in [1.807, 2.05) is 41.8 Å². The van der Waals surface area contributed by atoms with E-state index in [0.717, 1.165) is 40.9 Å². The molecule has 0 saturated carbocycles. The number of morpholine rings is 1. The van der Waals surface area contributed by atoms with Gasteiger partial charge < -0.3 is 19.1 Å². The van der Waals surface area contributed by atoms with Crippen LogP contribution in [0, 0.1) is 6.92 Å². The molecule has 4 rings (SSSR count). The minimum absolute atomic E-state index is 0.169. The Morgan fingerprint density at radius 2 is 2.00 bits per heavy atom. The predicted molar refractivity (Wildman–Crippen MR) is 117 cm³/mol. The first-order valence-electron chi connectivity index (χ1n) is 10.1. The molecule has 0 aliphatic carbocycles. The Labute approximate surface area is 180 Å². The maximum atomic E-state index is 13.0. The van der Waals surface area contributed by atoms with E-state index in [4.69, 9.17) is 21.1 Å². The van der Waals surface area contributed by atoms with Crippen molar-refractivity contribution in [3.63, 3.8) is 0 Å². The number of aromatic nitrogens is 1. The molecule has 7 heteroatoms. The van der Waals surface area contributed by atoms with E-state index >= 15 is 0 Å². The lowest BCUT2D eigenvalue weighted by Crippen LogP contribution is -2.35. The topological polar surface area (TPSA) is 63.9 Å². The average Bonchev–Trinajstić information content (AvgIpc) is 3.03. The van der Waals surface area contributed by atoms with Crippen LogP contribution in [0.15, 0.2) is 36.4 Å². The molecule has 1 aromatic heterocycles. The number of benzene rings is 2. The third-order valence-corrected chi connectivity index (χ3v) is 5.72. The van der Waals surface area contributed by atoms with Crippen LogP contribution in [0.25, 0.3) is 16.6 Å². The molecule has 1 aliphatic rings. The number of halogens is 1. The van der Waals surface area contributed by atoms with Crippen LogP contribution in [-0.2, 0) is 16.0 Å². The highest BCUT2D eigenvalue weighted by Gasteiger charge is 2.26. The van der Waals surface area contributed by atoms with Crippen molar-refractivity contribution in [2.75, 3.05) is 32.9 Å². The second-order valence-corrected chi connectivity index (χ2v) is 7.78. The fraction of sp³-hybridized carbons (Fsp3) is 0.348. The number of hydrogen-bond acceptors (Lipinski definition) is 5. The largest absolute Gasteiger partial charge is 0.508 e. The van der Waals surface area contributed by atoms with Crippen LogP contribution in [0.4, 0.5) is 0 Å². The minimum atomic E-state index is -0.394. The SMILES string of the molecule is CCOC(=O)c1c(C)n(-c2cccc(Cl)c2)c2ccc(O)c(CN3CCOCC3)c12. The Morgan fingerprint density at radius 3 is 2.70 bits per heavy atom. The number of ether oxygens (including phenoxy) is 2. The van der Waals surface area contributed by atoms with Gasteiger partial charge in [0.2, 0.25) is 0 Å². The van der Waals surface area contributed by atoms with Gasteiger partial charge in [0, 0.05) is 47.0 Å². The van der Waals surface area contributed by atoms with Gasteiger partial charge in [0.05, 0.1) is 30.9 Å². The molecule has 158 valence electrons. The zero-order chi connectivity index (χ0) is 21.3. The normalized spacial score (nSPS) is 14.9. The lowest BCUT2D eigenvalue weighted by Gasteiger charge is -2.27. The number of carbonyl (C=O) groups is 1. The summed E-state index contributed by atoms with van der Waals surface area (Å²) in [7, 11) is 0. The Kier molecular flexibility index (Phi) is 5.99. The molecule has 0 radical (unpaired) electrons. The van der Waals surface area contributed by atoms with Gasteiger partial charge in [-0.1, -0.05) is 17.7 Å². The van der Waals surface area contributed by atoms with Crippen LogP contribution in [0.1, 0.15) is 28.5 Å². The van der Waals surface area contributed by atoms with Gasteiger partial charge in [-0.05, 0) is 44.2 Å². The van der Waals surface area contributed by atoms with Crippen molar-refractivity contribution in [3.05, 3.63) is 58.2 Å². The molecule has 2 aromatic carbocycles. The van der Waals surface area contributed by atoms with E-state index in [2.05, 4.69) is 4.90 Å². The molecule has 30 heavy (non-hydrogen) atoms. The lowest BCUT2D eigenvalue weighted by molar-refractivity contribution is 0.0340. The molecule has 0 bridgehead atoms. The summed E-state index contributed by atoms with van der Waals surface area (Å²) >= 11 is 6.24. The molecule has 0 amide bonds. The molecule has 1 aliphatic heterocycles. The fourth-order valence-corrected chi connectivity index (χ4v) is 4.29. The summed E-state index contributed by atoms with van der Waals surface area (Å²) in [6.07, 6.45) is 0. The minimum Gasteiger partial charge on any atom is -0.508 e. The van der Waals surface area contributed by atoms with Gasteiger partial charge in [0.25, 0.3) is 0 Å². The highest BCUT2D eigenvalue weighted by molar-refractivity contribution is 6.30. The third-order valence-electron chi connectivity index (χ3n) is 5.49. The van der Waals surface area contributed by atoms with Gasteiger partial charge in [-0.2, -0.15) is 0 Å². The summed E-state index contributed by atoms with van der Waals surface area (Å²) in [5.41, 5.74) is 3.63. The van der Waals surface area contributed by atoms with Gasteiger partial charge >= 0.3 is 5.97 Å². The van der Waals surface area contributed by atoms with Crippen LogP contribution in [-0.4, -0.2) is 53.5 Å². The monoisotopic (exact) mass is 428 g/mol. The summed E-state index contributed by atoms with van der Waals surface area (Å²) in [6.45, 7) is 7.35. The number of carbonyl (C=O) groups excluding carboxylic acids is 1. The van der Waals surface area contributed by atoms with E-state index in [-0.39, 0.29) is 12.4 Å². The number of esters is 1. The number of phenolic OH excluding ortho intramolecular Hbond substituents is 1. The standard InChI is InChI=1S/C23H25ClN2O4/c1-3-30-23(28)21-15(2)26(17-6-4-5-16(24)13-17)19-7-8-20(27)18(22(19)21)14-25-9-11-29-12-10-25/h4-8,13,27H,3,9-12,14H2,1-2H3. The van der Waals surface area contributed by atoms with Crippen LogP contribution < -0.4 is 0 Å². The van der Waals surface area contributed by atoms with Crippen molar-refractivity contribution in [2.24, 2.45) is 0 Å². The molecular weight excluding hydrogens is 404 g/mol. The predicted octanol–water partition coefficient (Wildman–Crippen LogP) is 4.31. The Bertz CT molecular complexity index is 1090. The second-order valence-electron chi connectivity index (χ2n) is 7.34. The number of fused-ring (bicyclic) bond motifs is 1. The van der Waals surface area contributed by atoms with Crippen LogP contribution in [0.5, 0.6) is 5.75 Å². The van der Waals surface area contributed by atoms with Crippen molar-refractivity contribution in [3.8, 4) is 11.4 Å². The summed E-state index contributed by atoms with van der Waals surface area (Å²) in [6, 6.07) is 11.0. The quantitative estimate of drug-likeness (QED) is 0.613. The fourth-order valence-electron chi connectivity index (χ4n) is 4.11. The highest BCUT2D eigenvalue weighted by Crippen LogP contribution is 2.37. The zero-order valence-corrected chi connectivity index (χ0v) is 17.9. The van der Waals surface area contributed by atoms with Crippen LogP contribution in [0.3, 0.4) is 0 Å². The van der Waals surface area contributed by atoms with E-state index in [9.17, 15) is 9.90 Å². The van der Waals surface area contributed by atoms with Crippen LogP contribution >= 0.6 is 11.6 Å². The van der Waals surface area contributed by atoms with Gasteiger partial charge in [0.15, 0.2) is 0 Å². The van der Waals surface area contributed by atoms with Crippen LogP contribution in [0.2, 0.25) is 5.02 Å². The first-order chi connectivity index (χ1) is 14.5. The van der Waals surface area contributed by atoms with Crippen molar-refractivity contribution < 1.29 is 19.4 Å². The molecule has 0 atom stereocenters. The Hall–Kier alpha value is -2.54. The van der Waals surface area contributed by atoms with Gasteiger partial charge in [-0.25, -0.2) is 4.79 Å². The number of hydrogen-bond donors (Lipinski definition) is 1. The average molecular weight is 429 g/mol. The first-order valence-corrected chi connectivity index (χ1v) is 10.5. The number of aromatic hydroxyl groups is 1. The zero-order valence-electron chi connectivity index (χ0n) is 17.2. The van der Waals surface area contributed by atoms with Gasteiger partial charge in [-0.3, -0.25) is 4.90 Å². The van der Waals surface area contributed by atoms with Crippen molar-refractivity contribution in [1.29, 1.82) is 0 Å². The number of phenols is 1. The molecule has 0 unspecified atom stereocenters. The molecular formula is C23H25ClN2O4. The smallest absolute Gasteiger partial charge is 0.340 e. The molecule has 0 spiro atoms. The maximum Gasteiger partial charge on any atom is 0.340 e. The molecule has 3 aromatic rings. The van der Waals surface area contributed by atoms with E-state index in [1.165, 1.54) is 0 Å². The van der Waals surface area contributed by atoms with Crippen molar-refractivity contribution >= 4 is 28.5 Å². The second kappa shape index (κ2) is 8.68.